The van der Waals surface area contributed by atoms with Gasteiger partial charge in [-0.3, -0.25) is 4.79 Å². The van der Waals surface area contributed by atoms with Crippen molar-refractivity contribution in [3.05, 3.63) is 64.2 Å². The molecule has 0 aliphatic heterocycles. The van der Waals surface area contributed by atoms with E-state index < -0.39 is 5.97 Å². The maximum Gasteiger partial charge on any atom is 0.307 e. The molecule has 0 spiro atoms. The van der Waals surface area contributed by atoms with E-state index in [0.717, 1.165) is 39.6 Å². The van der Waals surface area contributed by atoms with E-state index in [2.05, 4.69) is 57.3 Å². The Morgan fingerprint density at radius 3 is 2.45 bits per heavy atom. The van der Waals surface area contributed by atoms with Gasteiger partial charge >= 0.3 is 5.97 Å². The van der Waals surface area contributed by atoms with E-state index in [-0.39, 0.29) is 11.8 Å². The number of nitrogens with zero attached hydrogens (tertiary/aromatic N) is 2. The van der Waals surface area contributed by atoms with Gasteiger partial charge in [-0.15, -0.1) is 11.3 Å². The second-order valence-electron chi connectivity index (χ2n) is 8.61. The van der Waals surface area contributed by atoms with Crippen molar-refractivity contribution >= 4 is 34.9 Å². The average Bonchev–Trinajstić information content (AvgIpc) is 3.16. The van der Waals surface area contributed by atoms with Crippen LogP contribution in [-0.2, 0) is 17.6 Å². The molecule has 3 rings (SSSR count). The number of hydrogen-bond acceptors (Lipinski definition) is 5. The van der Waals surface area contributed by atoms with E-state index in [1.54, 1.807) is 11.3 Å². The summed E-state index contributed by atoms with van der Waals surface area (Å²) < 4.78 is 0. The van der Waals surface area contributed by atoms with Gasteiger partial charge in [0, 0.05) is 21.8 Å². The normalized spacial score (nSPS) is 11.8. The smallest absolute Gasteiger partial charge is 0.307 e. The van der Waals surface area contributed by atoms with Gasteiger partial charge in [0.05, 0.1) is 11.3 Å². The Morgan fingerprint density at radius 2 is 1.84 bits per heavy atom. The standard InChI is InChI=1S/C25H29N3O2S/c1-6-20-16(2)26-24(21-12-11-19(31-21)13-14-25(3,4)5)28-23(20)27-18-9-7-17(8-10-18)15-22(29)30/h7-14H,6,15H2,1-5H3,(H,29,30)(H,26,27,28). The number of hydrogen-bond donors (Lipinski definition) is 2. The van der Waals surface area contributed by atoms with E-state index in [4.69, 9.17) is 15.1 Å². The van der Waals surface area contributed by atoms with Crippen molar-refractivity contribution in [1.29, 1.82) is 0 Å². The summed E-state index contributed by atoms with van der Waals surface area (Å²) in [6.45, 7) is 10.6. The molecule has 0 radical (unpaired) electrons. The molecule has 2 aromatic heterocycles. The second kappa shape index (κ2) is 9.43. The Hall–Kier alpha value is -2.99. The molecule has 0 atom stereocenters. The number of carboxylic acids is 1. The van der Waals surface area contributed by atoms with Crippen LogP contribution in [0, 0.1) is 12.3 Å². The highest BCUT2D eigenvalue weighted by molar-refractivity contribution is 7.16. The van der Waals surface area contributed by atoms with Crippen LogP contribution in [-0.4, -0.2) is 21.0 Å². The lowest BCUT2D eigenvalue weighted by molar-refractivity contribution is -0.136. The molecule has 2 N–H and O–H groups in total. The fourth-order valence-corrected chi connectivity index (χ4v) is 3.99. The number of carbonyl (C=O) groups is 1. The predicted octanol–water partition coefficient (Wildman–Crippen LogP) is 6.51. The molecule has 0 aliphatic rings. The van der Waals surface area contributed by atoms with Crippen LogP contribution in [0.25, 0.3) is 16.8 Å². The molecule has 1 aromatic carbocycles. The number of anilines is 2. The van der Waals surface area contributed by atoms with Crippen LogP contribution in [0.1, 0.15) is 49.4 Å². The first kappa shape index (κ1) is 22.7. The lowest BCUT2D eigenvalue weighted by atomic mass is 9.96. The van der Waals surface area contributed by atoms with Crippen molar-refractivity contribution in [1.82, 2.24) is 9.97 Å². The molecule has 5 nitrogen and oxygen atoms in total. The molecule has 162 valence electrons. The van der Waals surface area contributed by atoms with Crippen LogP contribution >= 0.6 is 11.3 Å². The third kappa shape index (κ3) is 6.25. The van der Waals surface area contributed by atoms with Crippen LogP contribution in [0.3, 0.4) is 0 Å². The first-order chi connectivity index (χ1) is 14.6. The Labute approximate surface area is 187 Å². The molecular weight excluding hydrogens is 406 g/mol. The summed E-state index contributed by atoms with van der Waals surface area (Å²) in [6, 6.07) is 11.6. The molecule has 0 bridgehead atoms. The molecule has 3 aromatic rings. The third-order valence-corrected chi connectivity index (χ3v) is 5.78. The minimum absolute atomic E-state index is 0.0155. The van der Waals surface area contributed by atoms with Gasteiger partial charge < -0.3 is 10.4 Å². The van der Waals surface area contributed by atoms with Crippen molar-refractivity contribution in [3.63, 3.8) is 0 Å². The number of allylic oxidation sites excluding steroid dienone is 1. The zero-order chi connectivity index (χ0) is 22.6. The molecule has 0 saturated carbocycles. The number of aryl methyl sites for hydroxylation is 1. The molecule has 0 aliphatic carbocycles. The lowest BCUT2D eigenvalue weighted by Crippen LogP contribution is -2.05. The van der Waals surface area contributed by atoms with Crippen molar-refractivity contribution < 1.29 is 9.90 Å². The largest absolute Gasteiger partial charge is 0.481 e. The maximum atomic E-state index is 10.9. The fraction of sp³-hybridized carbons (Fsp3) is 0.320. The van der Waals surface area contributed by atoms with Crippen LogP contribution in [0.5, 0.6) is 0 Å². The topological polar surface area (TPSA) is 75.1 Å². The Kier molecular flexibility index (Phi) is 6.91. The minimum atomic E-state index is -0.835. The first-order valence-corrected chi connectivity index (χ1v) is 11.2. The summed E-state index contributed by atoms with van der Waals surface area (Å²) in [6.07, 6.45) is 5.19. The zero-order valence-electron chi connectivity index (χ0n) is 18.7. The fourth-order valence-electron chi connectivity index (χ4n) is 3.14. The van der Waals surface area contributed by atoms with Crippen LogP contribution in [0.2, 0.25) is 0 Å². The van der Waals surface area contributed by atoms with Crippen molar-refractivity contribution in [2.24, 2.45) is 5.41 Å². The van der Waals surface area contributed by atoms with Gasteiger partial charge in [0.1, 0.15) is 5.82 Å². The zero-order valence-corrected chi connectivity index (χ0v) is 19.5. The molecule has 0 unspecified atom stereocenters. The van der Waals surface area contributed by atoms with Gasteiger partial charge in [0.15, 0.2) is 5.82 Å². The van der Waals surface area contributed by atoms with E-state index in [1.807, 2.05) is 31.2 Å². The highest BCUT2D eigenvalue weighted by Gasteiger charge is 2.14. The molecule has 31 heavy (non-hydrogen) atoms. The number of benzene rings is 1. The molecule has 0 fully saturated rings. The van der Waals surface area contributed by atoms with Gasteiger partial charge in [-0.1, -0.05) is 45.9 Å². The lowest BCUT2D eigenvalue weighted by Gasteiger charge is -2.14. The first-order valence-electron chi connectivity index (χ1n) is 10.4. The Bertz CT molecular complexity index is 1090. The van der Waals surface area contributed by atoms with Crippen LogP contribution in [0.4, 0.5) is 11.5 Å². The quantitative estimate of drug-likeness (QED) is 0.443. The average molecular weight is 436 g/mol. The van der Waals surface area contributed by atoms with Crippen molar-refractivity contribution in [2.75, 3.05) is 5.32 Å². The summed E-state index contributed by atoms with van der Waals surface area (Å²) in [4.78, 5) is 22.7. The molecule has 0 amide bonds. The van der Waals surface area contributed by atoms with E-state index >= 15 is 0 Å². The van der Waals surface area contributed by atoms with Gasteiger partial charge in [0.25, 0.3) is 0 Å². The Balaban J connectivity index is 1.89. The highest BCUT2D eigenvalue weighted by Crippen LogP contribution is 2.31. The second-order valence-corrected chi connectivity index (χ2v) is 9.72. The number of thiophene rings is 1. The predicted molar refractivity (Wildman–Crippen MR) is 129 cm³/mol. The maximum absolute atomic E-state index is 10.9. The molecule has 2 heterocycles. The summed E-state index contributed by atoms with van der Waals surface area (Å²) in [7, 11) is 0. The molecular formula is C25H29N3O2S. The summed E-state index contributed by atoms with van der Waals surface area (Å²) >= 11 is 1.68. The van der Waals surface area contributed by atoms with Crippen molar-refractivity contribution in [3.8, 4) is 10.7 Å². The molecule has 6 heteroatoms. The molecule has 0 saturated heterocycles. The number of nitrogens with one attached hydrogen (secondary N) is 1. The summed E-state index contributed by atoms with van der Waals surface area (Å²) in [5, 5.41) is 12.3. The highest BCUT2D eigenvalue weighted by atomic mass is 32.1. The monoisotopic (exact) mass is 435 g/mol. The van der Waals surface area contributed by atoms with E-state index in [0.29, 0.717) is 5.82 Å². The van der Waals surface area contributed by atoms with Gasteiger partial charge in [0.2, 0.25) is 0 Å². The summed E-state index contributed by atoms with van der Waals surface area (Å²) in [5.74, 6) is 0.661. The van der Waals surface area contributed by atoms with E-state index in [1.165, 1.54) is 4.88 Å². The SMILES string of the molecule is CCc1c(C)nc(-c2ccc(C=CC(C)(C)C)s2)nc1Nc1ccc(CC(=O)O)cc1. The summed E-state index contributed by atoms with van der Waals surface area (Å²) in [5.41, 5.74) is 3.80. The number of rotatable bonds is 7. The van der Waals surface area contributed by atoms with Crippen molar-refractivity contribution in [2.45, 2.75) is 47.5 Å². The van der Waals surface area contributed by atoms with Gasteiger partial charge in [-0.2, -0.15) is 0 Å². The van der Waals surface area contributed by atoms with Crippen LogP contribution in [0.15, 0.2) is 42.5 Å². The Morgan fingerprint density at radius 1 is 1.13 bits per heavy atom. The van der Waals surface area contributed by atoms with Gasteiger partial charge in [-0.05, 0) is 54.7 Å². The number of aliphatic carboxylic acids is 1. The minimum Gasteiger partial charge on any atom is -0.481 e. The number of carboxylic acid groups (broad SMARTS) is 1. The third-order valence-electron chi connectivity index (χ3n) is 4.73. The van der Waals surface area contributed by atoms with E-state index in [9.17, 15) is 4.79 Å². The number of aromatic nitrogens is 2. The van der Waals surface area contributed by atoms with Gasteiger partial charge in [-0.25, -0.2) is 9.97 Å². The van der Waals surface area contributed by atoms with Crippen LogP contribution < -0.4 is 5.32 Å².